The lowest BCUT2D eigenvalue weighted by atomic mass is 10.0. The summed E-state index contributed by atoms with van der Waals surface area (Å²) < 4.78 is 5.64. The SMILES string of the molecule is CC1CCCCN1c1cc(Sc2ncccn2)nc(NC(=S)NCC2CCCO2)n1. The molecule has 160 valence electrons. The fourth-order valence-corrected chi connectivity index (χ4v) is 4.58. The first-order valence-electron chi connectivity index (χ1n) is 10.4. The molecule has 2 aliphatic rings. The summed E-state index contributed by atoms with van der Waals surface area (Å²) in [4.78, 5) is 20.3. The molecule has 8 nitrogen and oxygen atoms in total. The molecule has 2 aromatic heterocycles. The van der Waals surface area contributed by atoms with Crippen LogP contribution in [0, 0.1) is 0 Å². The van der Waals surface area contributed by atoms with Crippen molar-refractivity contribution >= 4 is 40.9 Å². The lowest BCUT2D eigenvalue weighted by Gasteiger charge is -2.34. The Morgan fingerprint density at radius 2 is 2.10 bits per heavy atom. The van der Waals surface area contributed by atoms with Crippen molar-refractivity contribution in [2.45, 2.75) is 61.4 Å². The second kappa shape index (κ2) is 10.3. The topological polar surface area (TPSA) is 88.1 Å². The number of piperidine rings is 1. The molecule has 0 amide bonds. The second-order valence-electron chi connectivity index (χ2n) is 7.53. The Morgan fingerprint density at radius 3 is 2.87 bits per heavy atom. The Balaban J connectivity index is 1.50. The van der Waals surface area contributed by atoms with Crippen LogP contribution >= 0.6 is 24.0 Å². The van der Waals surface area contributed by atoms with E-state index in [4.69, 9.17) is 21.9 Å². The van der Waals surface area contributed by atoms with Crippen molar-refractivity contribution in [1.29, 1.82) is 0 Å². The van der Waals surface area contributed by atoms with Crippen LogP contribution in [0.25, 0.3) is 0 Å². The summed E-state index contributed by atoms with van der Waals surface area (Å²) in [5, 5.41) is 8.31. The van der Waals surface area contributed by atoms with Crippen molar-refractivity contribution in [3.05, 3.63) is 24.5 Å². The Morgan fingerprint density at radius 1 is 1.23 bits per heavy atom. The van der Waals surface area contributed by atoms with E-state index in [1.807, 2.05) is 6.07 Å². The predicted octanol–water partition coefficient (Wildman–Crippen LogP) is 3.26. The quantitative estimate of drug-likeness (QED) is 0.392. The maximum atomic E-state index is 5.64. The number of anilines is 2. The van der Waals surface area contributed by atoms with Gasteiger partial charge in [-0.05, 0) is 69.1 Å². The number of nitrogens with zero attached hydrogens (tertiary/aromatic N) is 5. The zero-order chi connectivity index (χ0) is 20.8. The molecule has 0 aliphatic carbocycles. The summed E-state index contributed by atoms with van der Waals surface area (Å²) in [6.45, 7) is 4.75. The molecule has 0 saturated carbocycles. The predicted molar refractivity (Wildman–Crippen MR) is 122 cm³/mol. The van der Waals surface area contributed by atoms with Gasteiger partial charge in [0.15, 0.2) is 10.3 Å². The van der Waals surface area contributed by atoms with E-state index >= 15 is 0 Å². The highest BCUT2D eigenvalue weighted by Crippen LogP contribution is 2.29. The molecule has 2 aromatic rings. The number of hydrogen-bond acceptors (Lipinski definition) is 8. The number of thiocarbonyl (C=S) groups is 1. The van der Waals surface area contributed by atoms with Gasteiger partial charge in [0, 0.05) is 44.2 Å². The van der Waals surface area contributed by atoms with Crippen LogP contribution in [0.1, 0.15) is 39.0 Å². The van der Waals surface area contributed by atoms with Crippen molar-refractivity contribution in [3.8, 4) is 0 Å². The first-order valence-corrected chi connectivity index (χ1v) is 11.7. The van der Waals surface area contributed by atoms with E-state index in [2.05, 4.69) is 37.4 Å². The van der Waals surface area contributed by atoms with E-state index < -0.39 is 0 Å². The average molecular weight is 446 g/mol. The summed E-state index contributed by atoms with van der Waals surface area (Å²) in [5.41, 5.74) is 0. The molecule has 30 heavy (non-hydrogen) atoms. The van der Waals surface area contributed by atoms with E-state index in [1.165, 1.54) is 31.0 Å². The molecule has 4 heterocycles. The van der Waals surface area contributed by atoms with E-state index in [0.717, 1.165) is 36.8 Å². The first kappa shape index (κ1) is 21.2. The number of aromatic nitrogens is 4. The van der Waals surface area contributed by atoms with Crippen LogP contribution in [0.2, 0.25) is 0 Å². The standard InChI is InChI=1S/C20H27N7OS2/c1-14-6-2-3-10-27(14)16-12-17(30-20-21-8-5-9-22-20)25-18(24-16)26-19(29)23-13-15-7-4-11-28-15/h5,8-9,12,14-15H,2-4,6-7,10-11,13H2,1H3,(H2,23,24,25,26,29). The van der Waals surface area contributed by atoms with Gasteiger partial charge in [-0.2, -0.15) is 4.98 Å². The fourth-order valence-electron chi connectivity index (χ4n) is 3.70. The molecule has 0 spiro atoms. The third-order valence-electron chi connectivity index (χ3n) is 5.26. The smallest absolute Gasteiger partial charge is 0.232 e. The Bertz CT molecular complexity index is 848. The summed E-state index contributed by atoms with van der Waals surface area (Å²) in [6.07, 6.45) is 9.43. The first-order chi connectivity index (χ1) is 14.7. The van der Waals surface area contributed by atoms with Crippen LogP contribution in [-0.2, 0) is 4.74 Å². The van der Waals surface area contributed by atoms with Crippen molar-refractivity contribution in [2.75, 3.05) is 29.9 Å². The Hall–Kier alpha value is -2.04. The van der Waals surface area contributed by atoms with Gasteiger partial charge in [-0.3, -0.25) is 0 Å². The highest BCUT2D eigenvalue weighted by Gasteiger charge is 2.22. The maximum Gasteiger partial charge on any atom is 0.232 e. The minimum Gasteiger partial charge on any atom is -0.376 e. The normalized spacial score (nSPS) is 21.4. The van der Waals surface area contributed by atoms with E-state index in [-0.39, 0.29) is 6.10 Å². The molecule has 2 saturated heterocycles. The number of rotatable bonds is 6. The summed E-state index contributed by atoms with van der Waals surface area (Å²) in [7, 11) is 0. The molecule has 4 rings (SSSR count). The minimum atomic E-state index is 0.215. The number of ether oxygens (including phenoxy) is 1. The molecule has 2 atom stereocenters. The molecule has 2 aliphatic heterocycles. The van der Waals surface area contributed by atoms with Crippen molar-refractivity contribution in [3.63, 3.8) is 0 Å². The van der Waals surface area contributed by atoms with Gasteiger partial charge in [0.2, 0.25) is 5.95 Å². The van der Waals surface area contributed by atoms with Crippen LogP contribution in [0.3, 0.4) is 0 Å². The third kappa shape index (κ3) is 5.77. The molecule has 2 N–H and O–H groups in total. The fraction of sp³-hybridized carbons (Fsp3) is 0.550. The molecule has 0 radical (unpaired) electrons. The highest BCUT2D eigenvalue weighted by molar-refractivity contribution is 7.99. The van der Waals surface area contributed by atoms with Gasteiger partial charge in [0.1, 0.15) is 10.8 Å². The van der Waals surface area contributed by atoms with Crippen LogP contribution in [0.5, 0.6) is 0 Å². The average Bonchev–Trinajstić information content (AvgIpc) is 3.27. The number of hydrogen-bond donors (Lipinski definition) is 2. The van der Waals surface area contributed by atoms with Gasteiger partial charge in [0.05, 0.1) is 6.10 Å². The largest absolute Gasteiger partial charge is 0.376 e. The zero-order valence-electron chi connectivity index (χ0n) is 17.1. The van der Waals surface area contributed by atoms with Gasteiger partial charge in [0.25, 0.3) is 0 Å². The van der Waals surface area contributed by atoms with Gasteiger partial charge < -0.3 is 20.3 Å². The van der Waals surface area contributed by atoms with E-state index in [0.29, 0.717) is 28.8 Å². The van der Waals surface area contributed by atoms with Crippen LogP contribution in [0.15, 0.2) is 34.7 Å². The lowest BCUT2D eigenvalue weighted by Crippen LogP contribution is -2.38. The Kier molecular flexibility index (Phi) is 7.29. The van der Waals surface area contributed by atoms with Gasteiger partial charge in [-0.1, -0.05) is 0 Å². The molecular weight excluding hydrogens is 418 g/mol. The van der Waals surface area contributed by atoms with Crippen molar-refractivity contribution in [2.24, 2.45) is 0 Å². The monoisotopic (exact) mass is 445 g/mol. The van der Waals surface area contributed by atoms with E-state index in [1.54, 1.807) is 18.5 Å². The lowest BCUT2D eigenvalue weighted by molar-refractivity contribution is 0.114. The van der Waals surface area contributed by atoms with E-state index in [9.17, 15) is 0 Å². The summed E-state index contributed by atoms with van der Waals surface area (Å²) in [6, 6.07) is 4.25. The van der Waals surface area contributed by atoms with Gasteiger partial charge >= 0.3 is 0 Å². The molecule has 2 unspecified atom stereocenters. The summed E-state index contributed by atoms with van der Waals surface area (Å²) >= 11 is 6.88. The molecule has 0 bridgehead atoms. The summed E-state index contributed by atoms with van der Waals surface area (Å²) in [5.74, 6) is 1.38. The Labute approximate surface area is 186 Å². The molecule has 10 heteroatoms. The molecule has 2 fully saturated rings. The zero-order valence-corrected chi connectivity index (χ0v) is 18.7. The second-order valence-corrected chi connectivity index (χ2v) is 8.93. The van der Waals surface area contributed by atoms with Crippen molar-refractivity contribution in [1.82, 2.24) is 25.3 Å². The van der Waals surface area contributed by atoms with Crippen molar-refractivity contribution < 1.29 is 4.74 Å². The molecule has 0 aromatic carbocycles. The highest BCUT2D eigenvalue weighted by atomic mass is 32.2. The maximum absolute atomic E-state index is 5.64. The number of nitrogens with one attached hydrogen (secondary N) is 2. The third-order valence-corrected chi connectivity index (χ3v) is 6.32. The minimum absolute atomic E-state index is 0.215. The van der Waals surface area contributed by atoms with Gasteiger partial charge in [-0.15, -0.1) is 0 Å². The van der Waals surface area contributed by atoms with Crippen LogP contribution in [-0.4, -0.2) is 56.9 Å². The van der Waals surface area contributed by atoms with Crippen LogP contribution in [0.4, 0.5) is 11.8 Å². The van der Waals surface area contributed by atoms with Gasteiger partial charge in [-0.25, -0.2) is 15.0 Å². The molecular formula is C20H27N7OS2. The van der Waals surface area contributed by atoms with Crippen LogP contribution < -0.4 is 15.5 Å².